The first-order valence-electron chi connectivity index (χ1n) is 6.08. The fourth-order valence-electron chi connectivity index (χ4n) is 1.92. The number of nitrogens with one attached hydrogen (secondary N) is 1. The number of amides is 1. The number of morpholine rings is 1. The number of alkyl halides is 3. The number of carbonyl (C=O) groups is 1. The summed E-state index contributed by atoms with van der Waals surface area (Å²) in [4.78, 5) is 17.9. The number of pyridine rings is 1. The second kappa shape index (κ2) is 6.91. The maximum atomic E-state index is 12.2. The van der Waals surface area contributed by atoms with Gasteiger partial charge in [0.05, 0.1) is 18.8 Å². The Morgan fingerprint density at radius 1 is 1.40 bits per heavy atom. The van der Waals surface area contributed by atoms with Crippen molar-refractivity contribution in [2.45, 2.75) is 9.96 Å². The van der Waals surface area contributed by atoms with Crippen LogP contribution < -0.4 is 5.32 Å². The molecular formula is C12H14Cl3N3O2. The number of ether oxygens (including phenoxy) is 1. The van der Waals surface area contributed by atoms with Gasteiger partial charge in [-0.05, 0) is 12.1 Å². The third kappa shape index (κ3) is 4.20. The topological polar surface area (TPSA) is 54.5 Å². The molecule has 0 aromatic carbocycles. The van der Waals surface area contributed by atoms with Crippen LogP contribution in [0, 0.1) is 0 Å². The fraction of sp³-hybridized carbons (Fsp3) is 0.500. The molecule has 1 aromatic rings. The van der Waals surface area contributed by atoms with Crippen molar-refractivity contribution in [1.29, 1.82) is 0 Å². The summed E-state index contributed by atoms with van der Waals surface area (Å²) >= 11 is 17.9. The monoisotopic (exact) mass is 337 g/mol. The highest BCUT2D eigenvalue weighted by Crippen LogP contribution is 2.32. The zero-order chi connectivity index (χ0) is 14.6. The molecule has 1 saturated heterocycles. The molecule has 1 aromatic heterocycles. The number of halogens is 3. The van der Waals surface area contributed by atoms with Crippen molar-refractivity contribution in [3.05, 3.63) is 30.1 Å². The van der Waals surface area contributed by atoms with Gasteiger partial charge in [-0.15, -0.1) is 0 Å². The van der Waals surface area contributed by atoms with Crippen LogP contribution in [0.2, 0.25) is 0 Å². The molecule has 2 rings (SSSR count). The average Bonchev–Trinajstić information content (AvgIpc) is 2.45. The van der Waals surface area contributed by atoms with E-state index in [0.29, 0.717) is 31.9 Å². The molecule has 1 aliphatic heterocycles. The summed E-state index contributed by atoms with van der Waals surface area (Å²) in [5, 5.41) is 2.74. The molecular weight excluding hydrogens is 325 g/mol. The van der Waals surface area contributed by atoms with Crippen LogP contribution in [0.3, 0.4) is 0 Å². The predicted molar refractivity (Wildman–Crippen MR) is 78.2 cm³/mol. The Labute approximate surface area is 132 Å². The molecule has 2 heterocycles. The summed E-state index contributed by atoms with van der Waals surface area (Å²) in [6.45, 7) is 2.26. The minimum atomic E-state index is -1.63. The van der Waals surface area contributed by atoms with Gasteiger partial charge in [0.2, 0.25) is 3.79 Å². The quantitative estimate of drug-likeness (QED) is 0.855. The van der Waals surface area contributed by atoms with Gasteiger partial charge in [-0.3, -0.25) is 14.7 Å². The van der Waals surface area contributed by atoms with Crippen molar-refractivity contribution in [2.75, 3.05) is 26.3 Å². The largest absolute Gasteiger partial charge is 0.379 e. The van der Waals surface area contributed by atoms with Crippen molar-refractivity contribution in [3.8, 4) is 0 Å². The Morgan fingerprint density at radius 3 is 2.65 bits per heavy atom. The maximum Gasteiger partial charge on any atom is 0.254 e. The lowest BCUT2D eigenvalue weighted by Gasteiger charge is -2.38. The van der Waals surface area contributed by atoms with Gasteiger partial charge in [0, 0.05) is 25.5 Å². The van der Waals surface area contributed by atoms with Crippen LogP contribution in [0.25, 0.3) is 0 Å². The zero-order valence-corrected chi connectivity index (χ0v) is 12.8. The SMILES string of the molecule is O=C(NC(N1CCOCC1)C(Cl)(Cl)Cl)c1cccnc1. The molecule has 0 spiro atoms. The van der Waals surface area contributed by atoms with Gasteiger partial charge in [0.15, 0.2) is 0 Å². The smallest absolute Gasteiger partial charge is 0.254 e. The molecule has 1 unspecified atom stereocenters. The van der Waals surface area contributed by atoms with E-state index in [4.69, 9.17) is 39.5 Å². The van der Waals surface area contributed by atoms with Crippen LogP contribution >= 0.6 is 34.8 Å². The molecule has 8 heteroatoms. The minimum absolute atomic E-state index is 0.332. The second-order valence-corrected chi connectivity index (χ2v) is 6.68. The summed E-state index contributed by atoms with van der Waals surface area (Å²) in [5.41, 5.74) is 0.417. The Kier molecular flexibility index (Phi) is 5.46. The highest BCUT2D eigenvalue weighted by atomic mass is 35.6. The molecule has 1 amide bonds. The highest BCUT2D eigenvalue weighted by molar-refractivity contribution is 6.68. The van der Waals surface area contributed by atoms with E-state index in [9.17, 15) is 4.79 Å². The van der Waals surface area contributed by atoms with Crippen molar-refractivity contribution < 1.29 is 9.53 Å². The molecule has 1 N–H and O–H groups in total. The normalized spacial score (nSPS) is 18.6. The number of hydrogen-bond donors (Lipinski definition) is 1. The molecule has 1 atom stereocenters. The van der Waals surface area contributed by atoms with E-state index in [1.54, 1.807) is 18.3 Å². The molecule has 110 valence electrons. The molecule has 0 radical (unpaired) electrons. The van der Waals surface area contributed by atoms with E-state index >= 15 is 0 Å². The molecule has 1 fully saturated rings. The summed E-state index contributed by atoms with van der Waals surface area (Å²) in [5.74, 6) is -0.332. The number of aromatic nitrogens is 1. The lowest BCUT2D eigenvalue weighted by molar-refractivity contribution is 0.00996. The summed E-state index contributed by atoms with van der Waals surface area (Å²) in [6.07, 6.45) is 2.33. The summed E-state index contributed by atoms with van der Waals surface area (Å²) in [7, 11) is 0. The Hall–Kier alpha value is -0.590. The van der Waals surface area contributed by atoms with Gasteiger partial charge in [0.1, 0.15) is 6.17 Å². The third-order valence-electron chi connectivity index (χ3n) is 2.91. The van der Waals surface area contributed by atoms with Gasteiger partial charge in [-0.1, -0.05) is 34.8 Å². The first-order valence-corrected chi connectivity index (χ1v) is 7.21. The van der Waals surface area contributed by atoms with E-state index in [2.05, 4.69) is 10.3 Å². The van der Waals surface area contributed by atoms with Crippen molar-refractivity contribution in [1.82, 2.24) is 15.2 Å². The van der Waals surface area contributed by atoms with Crippen LogP contribution in [-0.2, 0) is 4.74 Å². The Balaban J connectivity index is 2.10. The number of rotatable bonds is 3. The van der Waals surface area contributed by atoms with E-state index in [1.165, 1.54) is 6.20 Å². The van der Waals surface area contributed by atoms with Crippen LogP contribution in [-0.4, -0.2) is 52.1 Å². The van der Waals surface area contributed by atoms with E-state index in [-0.39, 0.29) is 5.91 Å². The minimum Gasteiger partial charge on any atom is -0.379 e. The Bertz CT molecular complexity index is 447. The fourth-order valence-corrected chi connectivity index (χ4v) is 2.50. The number of carbonyl (C=O) groups excluding carboxylic acids is 1. The molecule has 0 aliphatic carbocycles. The van der Waals surface area contributed by atoms with Gasteiger partial charge in [0.25, 0.3) is 5.91 Å². The van der Waals surface area contributed by atoms with Gasteiger partial charge < -0.3 is 10.1 Å². The number of hydrogen-bond acceptors (Lipinski definition) is 4. The first-order chi connectivity index (χ1) is 9.48. The van der Waals surface area contributed by atoms with Crippen molar-refractivity contribution >= 4 is 40.7 Å². The van der Waals surface area contributed by atoms with Crippen LogP contribution in [0.5, 0.6) is 0 Å². The standard InChI is InChI=1S/C12H14Cl3N3O2/c13-12(14,15)11(18-4-6-20-7-5-18)17-10(19)9-2-1-3-16-8-9/h1-3,8,11H,4-7H2,(H,17,19). The average molecular weight is 339 g/mol. The van der Waals surface area contributed by atoms with Gasteiger partial charge in [-0.2, -0.15) is 0 Å². The van der Waals surface area contributed by atoms with Crippen LogP contribution in [0.15, 0.2) is 24.5 Å². The van der Waals surface area contributed by atoms with Gasteiger partial charge >= 0.3 is 0 Å². The molecule has 20 heavy (non-hydrogen) atoms. The lowest BCUT2D eigenvalue weighted by atomic mass is 10.2. The Morgan fingerprint density at radius 2 is 2.10 bits per heavy atom. The maximum absolute atomic E-state index is 12.2. The predicted octanol–water partition coefficient (Wildman–Crippen LogP) is 1.84. The van der Waals surface area contributed by atoms with E-state index in [0.717, 1.165) is 0 Å². The van der Waals surface area contributed by atoms with Gasteiger partial charge in [-0.25, -0.2) is 0 Å². The first kappa shape index (κ1) is 15.8. The molecule has 0 saturated carbocycles. The summed E-state index contributed by atoms with van der Waals surface area (Å²) < 4.78 is 3.63. The molecule has 5 nitrogen and oxygen atoms in total. The second-order valence-electron chi connectivity index (χ2n) is 4.31. The molecule has 1 aliphatic rings. The van der Waals surface area contributed by atoms with Crippen molar-refractivity contribution in [3.63, 3.8) is 0 Å². The summed E-state index contributed by atoms with van der Waals surface area (Å²) in [6, 6.07) is 3.32. The van der Waals surface area contributed by atoms with Crippen molar-refractivity contribution in [2.24, 2.45) is 0 Å². The van der Waals surface area contributed by atoms with Crippen LogP contribution in [0.4, 0.5) is 0 Å². The van der Waals surface area contributed by atoms with E-state index in [1.807, 2.05) is 4.90 Å². The number of nitrogens with zero attached hydrogens (tertiary/aromatic N) is 2. The highest BCUT2D eigenvalue weighted by Gasteiger charge is 2.39. The van der Waals surface area contributed by atoms with Crippen LogP contribution in [0.1, 0.15) is 10.4 Å². The van der Waals surface area contributed by atoms with E-state index < -0.39 is 9.96 Å². The third-order valence-corrected chi connectivity index (χ3v) is 3.53. The molecule has 0 bridgehead atoms. The lowest BCUT2D eigenvalue weighted by Crippen LogP contribution is -2.58. The zero-order valence-electron chi connectivity index (χ0n) is 10.6.